The first-order valence-electron chi connectivity index (χ1n) is 5.08. The highest BCUT2D eigenvalue weighted by atomic mass is 19.1. The molecule has 0 bridgehead atoms. The molecule has 0 unspecified atom stereocenters. The van der Waals surface area contributed by atoms with Crippen LogP contribution in [0.4, 0.5) is 10.1 Å². The van der Waals surface area contributed by atoms with E-state index in [4.69, 9.17) is 5.41 Å². The number of ether oxygens (including phenoxy) is 1. The van der Waals surface area contributed by atoms with E-state index in [9.17, 15) is 19.1 Å². The predicted octanol–water partition coefficient (Wildman–Crippen LogP) is 1.40. The Morgan fingerprint density at radius 2 is 1.95 bits per heavy atom. The molecule has 0 aromatic heterocycles. The van der Waals surface area contributed by atoms with Crippen LogP contribution >= 0.6 is 0 Å². The lowest BCUT2D eigenvalue weighted by atomic mass is 10.2. The molecule has 0 aliphatic rings. The standard InChI is InChI=1S/C12H11FN2O4/c1-19-12(18)11(14)9(16)6-10(17)15-8-4-2-7(13)3-5-8/h2-6,14,16H,1H3,(H,15,17)/b9-6+,14-11?. The van der Waals surface area contributed by atoms with Crippen LogP contribution in [-0.4, -0.2) is 29.8 Å². The fourth-order valence-electron chi connectivity index (χ4n) is 1.11. The third-order valence-electron chi connectivity index (χ3n) is 2.03. The minimum absolute atomic E-state index is 0.306. The molecule has 6 nitrogen and oxygen atoms in total. The number of aliphatic hydroxyl groups excluding tert-OH is 1. The number of esters is 1. The largest absolute Gasteiger partial charge is 0.505 e. The molecule has 1 amide bonds. The molecule has 0 saturated heterocycles. The third kappa shape index (κ3) is 4.23. The number of hydrogen-bond donors (Lipinski definition) is 3. The van der Waals surface area contributed by atoms with E-state index < -0.39 is 29.2 Å². The zero-order valence-electron chi connectivity index (χ0n) is 9.94. The summed E-state index contributed by atoms with van der Waals surface area (Å²) in [6.45, 7) is 0. The second-order valence-electron chi connectivity index (χ2n) is 3.39. The lowest BCUT2D eigenvalue weighted by Crippen LogP contribution is -2.19. The lowest BCUT2D eigenvalue weighted by Gasteiger charge is -2.03. The summed E-state index contributed by atoms with van der Waals surface area (Å²) in [7, 11) is 1.04. The third-order valence-corrected chi connectivity index (χ3v) is 2.03. The summed E-state index contributed by atoms with van der Waals surface area (Å²) in [6.07, 6.45) is 0.655. The average molecular weight is 266 g/mol. The summed E-state index contributed by atoms with van der Waals surface area (Å²) in [6, 6.07) is 4.94. The van der Waals surface area contributed by atoms with Crippen molar-refractivity contribution in [3.8, 4) is 0 Å². The molecule has 0 radical (unpaired) electrons. The van der Waals surface area contributed by atoms with Gasteiger partial charge in [0.15, 0.2) is 11.5 Å². The van der Waals surface area contributed by atoms with E-state index in [0.29, 0.717) is 11.8 Å². The lowest BCUT2D eigenvalue weighted by molar-refractivity contribution is -0.132. The van der Waals surface area contributed by atoms with Crippen molar-refractivity contribution in [2.75, 3.05) is 12.4 Å². The molecule has 0 spiro atoms. The maximum absolute atomic E-state index is 12.6. The van der Waals surface area contributed by atoms with Gasteiger partial charge in [-0.25, -0.2) is 9.18 Å². The highest BCUT2D eigenvalue weighted by Crippen LogP contribution is 2.08. The Labute approximate surface area is 108 Å². The zero-order chi connectivity index (χ0) is 14.4. The molecule has 0 fully saturated rings. The zero-order valence-corrected chi connectivity index (χ0v) is 9.94. The molecule has 7 heteroatoms. The van der Waals surface area contributed by atoms with Crippen LogP contribution in [0.3, 0.4) is 0 Å². The van der Waals surface area contributed by atoms with E-state index in [-0.39, 0.29) is 0 Å². The summed E-state index contributed by atoms with van der Waals surface area (Å²) in [4.78, 5) is 22.3. The monoisotopic (exact) mass is 266 g/mol. The van der Waals surface area contributed by atoms with Gasteiger partial charge >= 0.3 is 5.97 Å². The molecule has 0 atom stereocenters. The van der Waals surface area contributed by atoms with Crippen LogP contribution in [-0.2, 0) is 14.3 Å². The van der Waals surface area contributed by atoms with Crippen molar-refractivity contribution in [2.45, 2.75) is 0 Å². The first-order chi connectivity index (χ1) is 8.93. The molecule has 1 rings (SSSR count). The number of halogens is 1. The Morgan fingerprint density at radius 1 is 1.37 bits per heavy atom. The van der Waals surface area contributed by atoms with Gasteiger partial charge in [-0.15, -0.1) is 0 Å². The first kappa shape index (κ1) is 14.4. The highest BCUT2D eigenvalue weighted by Gasteiger charge is 2.15. The molecule has 0 aliphatic carbocycles. The fraction of sp³-hybridized carbons (Fsp3) is 0.0833. The smallest absolute Gasteiger partial charge is 0.359 e. The number of amides is 1. The summed E-state index contributed by atoms with van der Waals surface area (Å²) in [5.41, 5.74) is -0.531. The molecule has 0 saturated carbocycles. The fourth-order valence-corrected chi connectivity index (χ4v) is 1.11. The van der Waals surface area contributed by atoms with Gasteiger partial charge in [-0.05, 0) is 24.3 Å². The molecule has 19 heavy (non-hydrogen) atoms. The van der Waals surface area contributed by atoms with Crippen LogP contribution in [0.1, 0.15) is 0 Å². The minimum atomic E-state index is -1.07. The number of rotatable bonds is 4. The summed E-state index contributed by atoms with van der Waals surface area (Å²) in [5.74, 6) is -3.11. The number of nitrogens with one attached hydrogen (secondary N) is 2. The first-order valence-corrected chi connectivity index (χ1v) is 5.08. The van der Waals surface area contributed by atoms with Crippen LogP contribution in [0.25, 0.3) is 0 Å². The van der Waals surface area contributed by atoms with Gasteiger partial charge in [-0.1, -0.05) is 0 Å². The van der Waals surface area contributed by atoms with Crippen molar-refractivity contribution in [1.82, 2.24) is 0 Å². The number of hydrogen-bond acceptors (Lipinski definition) is 5. The van der Waals surface area contributed by atoms with E-state index in [1.807, 2.05) is 0 Å². The van der Waals surface area contributed by atoms with Crippen molar-refractivity contribution < 1.29 is 23.8 Å². The van der Waals surface area contributed by atoms with E-state index in [2.05, 4.69) is 10.1 Å². The normalized spacial score (nSPS) is 10.7. The minimum Gasteiger partial charge on any atom is -0.505 e. The van der Waals surface area contributed by atoms with Crippen LogP contribution in [0.2, 0.25) is 0 Å². The maximum Gasteiger partial charge on any atom is 0.359 e. The molecular weight excluding hydrogens is 255 g/mol. The van der Waals surface area contributed by atoms with E-state index >= 15 is 0 Å². The average Bonchev–Trinajstić information content (AvgIpc) is 2.39. The number of benzene rings is 1. The summed E-state index contributed by atoms with van der Waals surface area (Å²) >= 11 is 0. The van der Waals surface area contributed by atoms with Crippen molar-refractivity contribution >= 4 is 23.3 Å². The van der Waals surface area contributed by atoms with Crippen LogP contribution < -0.4 is 5.32 Å². The SMILES string of the molecule is COC(=O)C(=N)/C(O)=C\C(=O)Nc1ccc(F)cc1. The predicted molar refractivity (Wildman–Crippen MR) is 65.5 cm³/mol. The number of anilines is 1. The van der Waals surface area contributed by atoms with Gasteiger partial charge in [0.25, 0.3) is 5.91 Å². The van der Waals surface area contributed by atoms with Gasteiger partial charge in [0, 0.05) is 11.8 Å². The van der Waals surface area contributed by atoms with Crippen LogP contribution in [0.5, 0.6) is 0 Å². The molecule has 1 aromatic carbocycles. The highest BCUT2D eigenvalue weighted by molar-refractivity contribution is 6.41. The van der Waals surface area contributed by atoms with Crippen molar-refractivity contribution in [2.24, 2.45) is 0 Å². The molecule has 3 N–H and O–H groups in total. The number of carbonyl (C=O) groups excluding carboxylic acids is 2. The second-order valence-corrected chi connectivity index (χ2v) is 3.39. The molecular formula is C12H11FN2O4. The van der Waals surface area contributed by atoms with Gasteiger partial charge in [-0.2, -0.15) is 0 Å². The van der Waals surface area contributed by atoms with Gasteiger partial charge in [-0.3, -0.25) is 10.2 Å². The Kier molecular flexibility index (Phi) is 4.76. The van der Waals surface area contributed by atoms with Crippen molar-refractivity contribution in [3.63, 3.8) is 0 Å². The quantitative estimate of drug-likeness (QED) is 0.332. The number of aliphatic hydroxyl groups is 1. The van der Waals surface area contributed by atoms with E-state index in [0.717, 1.165) is 19.2 Å². The van der Waals surface area contributed by atoms with Gasteiger partial charge < -0.3 is 15.2 Å². The molecule has 1 aromatic rings. The van der Waals surface area contributed by atoms with Crippen molar-refractivity contribution in [1.29, 1.82) is 5.41 Å². The molecule has 100 valence electrons. The number of methoxy groups -OCH3 is 1. The number of carbonyl (C=O) groups is 2. The topological polar surface area (TPSA) is 99.5 Å². The molecule has 0 aliphatic heterocycles. The van der Waals surface area contributed by atoms with E-state index in [1.54, 1.807) is 0 Å². The Balaban J connectivity index is 2.71. The Morgan fingerprint density at radius 3 is 2.47 bits per heavy atom. The summed E-state index contributed by atoms with van der Waals surface area (Å²) in [5, 5.41) is 18.8. The van der Waals surface area contributed by atoms with Gasteiger partial charge in [0.1, 0.15) is 5.82 Å². The van der Waals surface area contributed by atoms with Gasteiger partial charge in [0.05, 0.1) is 7.11 Å². The summed E-state index contributed by atoms with van der Waals surface area (Å²) < 4.78 is 16.8. The van der Waals surface area contributed by atoms with Gasteiger partial charge in [0.2, 0.25) is 0 Å². The Hall–Kier alpha value is -2.70. The van der Waals surface area contributed by atoms with E-state index in [1.165, 1.54) is 12.1 Å². The van der Waals surface area contributed by atoms with Crippen LogP contribution in [0.15, 0.2) is 36.1 Å². The van der Waals surface area contributed by atoms with Crippen molar-refractivity contribution in [3.05, 3.63) is 41.9 Å². The second kappa shape index (κ2) is 6.29. The molecule has 0 heterocycles. The van der Waals surface area contributed by atoms with Crippen LogP contribution in [0, 0.1) is 11.2 Å². The maximum atomic E-state index is 12.6. The Bertz CT molecular complexity index is 537.